The van der Waals surface area contributed by atoms with Crippen LogP contribution in [0, 0.1) is 26.8 Å². The first kappa shape index (κ1) is 10.7. The normalized spacial score (nSPS) is 10.6. The third-order valence-corrected chi connectivity index (χ3v) is 2.58. The lowest BCUT2D eigenvalue weighted by molar-refractivity contribution is 0.268. The molecule has 0 saturated carbocycles. The van der Waals surface area contributed by atoms with Crippen LogP contribution in [0.5, 0.6) is 0 Å². The zero-order chi connectivity index (χ0) is 10.2. The molecular formula is C7H3F4IO. The highest BCUT2D eigenvalue weighted by molar-refractivity contribution is 14.1. The fourth-order valence-electron chi connectivity index (χ4n) is 0.789. The van der Waals surface area contributed by atoms with Gasteiger partial charge in [-0.25, -0.2) is 17.6 Å². The van der Waals surface area contributed by atoms with Crippen molar-refractivity contribution in [3.05, 3.63) is 32.4 Å². The van der Waals surface area contributed by atoms with Gasteiger partial charge in [-0.2, -0.15) is 0 Å². The Hall–Kier alpha value is -0.370. The molecule has 0 heterocycles. The minimum absolute atomic E-state index is 0.448. The van der Waals surface area contributed by atoms with Gasteiger partial charge < -0.3 is 5.11 Å². The number of hydrogen-bond acceptors (Lipinski definition) is 1. The molecular weight excluding hydrogens is 303 g/mol. The predicted molar refractivity (Wildman–Crippen MR) is 44.9 cm³/mol. The Morgan fingerprint density at radius 2 is 1.38 bits per heavy atom. The average Bonchev–Trinajstić information content (AvgIpc) is 2.13. The van der Waals surface area contributed by atoms with Gasteiger partial charge in [0.05, 0.1) is 10.2 Å². The fraction of sp³-hybridized carbons (Fsp3) is 0.143. The van der Waals surface area contributed by atoms with E-state index >= 15 is 0 Å². The fourth-order valence-corrected chi connectivity index (χ4v) is 1.43. The molecule has 1 N–H and O–H groups in total. The number of rotatable bonds is 1. The second-order valence-corrected chi connectivity index (χ2v) is 3.29. The Balaban J connectivity index is 3.56. The topological polar surface area (TPSA) is 20.2 Å². The summed E-state index contributed by atoms with van der Waals surface area (Å²) in [4.78, 5) is 0. The van der Waals surface area contributed by atoms with Crippen LogP contribution in [0.1, 0.15) is 5.56 Å². The summed E-state index contributed by atoms with van der Waals surface area (Å²) in [5.74, 6) is -6.80. The Bertz CT molecular complexity index is 324. The molecule has 0 aromatic heterocycles. The van der Waals surface area contributed by atoms with Crippen molar-refractivity contribution in [2.24, 2.45) is 0 Å². The highest BCUT2D eigenvalue weighted by atomic mass is 127. The van der Waals surface area contributed by atoms with Crippen LogP contribution in [0.3, 0.4) is 0 Å². The first-order valence-electron chi connectivity index (χ1n) is 3.11. The summed E-state index contributed by atoms with van der Waals surface area (Å²) < 4.78 is 50.0. The number of aliphatic hydroxyl groups excluding tert-OH is 1. The van der Waals surface area contributed by atoms with Crippen LogP contribution < -0.4 is 0 Å². The van der Waals surface area contributed by atoms with Gasteiger partial charge in [0, 0.05) is 5.56 Å². The molecule has 1 rings (SSSR count). The maximum Gasteiger partial charge on any atom is 0.198 e. The van der Waals surface area contributed by atoms with Gasteiger partial charge >= 0.3 is 0 Å². The number of halogens is 5. The third kappa shape index (κ3) is 1.64. The summed E-state index contributed by atoms with van der Waals surface area (Å²) in [7, 11) is 0. The highest BCUT2D eigenvalue weighted by Crippen LogP contribution is 2.25. The molecule has 1 aromatic rings. The maximum absolute atomic E-state index is 12.8. The molecule has 0 spiro atoms. The lowest BCUT2D eigenvalue weighted by Crippen LogP contribution is -2.05. The standard InChI is InChI=1S/C7H3F4IO/c8-3-2(1-13)7(12)6(11)5(10)4(3)9/h13H,1H2. The molecule has 0 atom stereocenters. The second kappa shape index (κ2) is 3.79. The van der Waals surface area contributed by atoms with E-state index < -0.39 is 39.0 Å². The second-order valence-electron chi connectivity index (χ2n) is 2.21. The highest BCUT2D eigenvalue weighted by Gasteiger charge is 2.22. The molecule has 13 heavy (non-hydrogen) atoms. The van der Waals surface area contributed by atoms with Crippen molar-refractivity contribution >= 4 is 22.6 Å². The molecule has 6 heteroatoms. The van der Waals surface area contributed by atoms with Gasteiger partial charge in [-0.1, -0.05) is 0 Å². The molecule has 0 radical (unpaired) electrons. The van der Waals surface area contributed by atoms with E-state index in [1.807, 2.05) is 0 Å². The summed E-state index contributed by atoms with van der Waals surface area (Å²) >= 11 is 1.29. The van der Waals surface area contributed by atoms with Crippen LogP contribution in [0.4, 0.5) is 17.6 Å². The Kier molecular flexibility index (Phi) is 3.12. The van der Waals surface area contributed by atoms with Gasteiger partial charge in [-0.3, -0.25) is 0 Å². The van der Waals surface area contributed by atoms with Gasteiger partial charge in [0.2, 0.25) is 0 Å². The van der Waals surface area contributed by atoms with Crippen LogP contribution in [0.25, 0.3) is 0 Å². The molecule has 0 fully saturated rings. The van der Waals surface area contributed by atoms with E-state index in [0.29, 0.717) is 0 Å². The monoisotopic (exact) mass is 306 g/mol. The van der Waals surface area contributed by atoms with E-state index in [9.17, 15) is 17.6 Å². The van der Waals surface area contributed by atoms with Crippen molar-refractivity contribution in [1.82, 2.24) is 0 Å². The van der Waals surface area contributed by atoms with Crippen LogP contribution in [0.2, 0.25) is 0 Å². The molecule has 0 unspecified atom stereocenters. The van der Waals surface area contributed by atoms with Crippen LogP contribution in [0.15, 0.2) is 0 Å². The SMILES string of the molecule is OCc1c(F)c(F)c(F)c(F)c1I. The minimum Gasteiger partial charge on any atom is -0.392 e. The van der Waals surface area contributed by atoms with Crippen LogP contribution in [-0.4, -0.2) is 5.11 Å². The van der Waals surface area contributed by atoms with Crippen molar-refractivity contribution in [3.63, 3.8) is 0 Å². The number of benzene rings is 1. The largest absolute Gasteiger partial charge is 0.392 e. The Morgan fingerprint density at radius 3 is 1.85 bits per heavy atom. The molecule has 0 aliphatic heterocycles. The van der Waals surface area contributed by atoms with Crippen molar-refractivity contribution in [2.45, 2.75) is 6.61 Å². The minimum atomic E-state index is -1.90. The van der Waals surface area contributed by atoms with Gasteiger partial charge in [0.15, 0.2) is 23.3 Å². The van der Waals surface area contributed by atoms with E-state index in [-0.39, 0.29) is 0 Å². The average molecular weight is 306 g/mol. The Labute approximate surface area is 84.5 Å². The first-order valence-corrected chi connectivity index (χ1v) is 4.19. The summed E-state index contributed by atoms with van der Waals surface area (Å²) in [6.45, 7) is -0.877. The van der Waals surface area contributed by atoms with Gasteiger partial charge in [0.1, 0.15) is 0 Å². The molecule has 1 nitrogen and oxygen atoms in total. The summed E-state index contributed by atoms with van der Waals surface area (Å²) in [5, 5.41) is 8.54. The molecule has 0 aliphatic rings. The van der Waals surface area contributed by atoms with E-state index in [1.54, 1.807) is 0 Å². The number of hydrogen-bond donors (Lipinski definition) is 1. The van der Waals surface area contributed by atoms with E-state index in [0.717, 1.165) is 0 Å². The molecule has 0 amide bonds. The van der Waals surface area contributed by atoms with Crippen molar-refractivity contribution in [2.75, 3.05) is 0 Å². The van der Waals surface area contributed by atoms with E-state index in [2.05, 4.69) is 0 Å². The molecule has 72 valence electrons. The Morgan fingerprint density at radius 1 is 0.923 bits per heavy atom. The maximum atomic E-state index is 12.8. The van der Waals surface area contributed by atoms with E-state index in [4.69, 9.17) is 5.11 Å². The van der Waals surface area contributed by atoms with Crippen molar-refractivity contribution in [1.29, 1.82) is 0 Å². The quantitative estimate of drug-likeness (QED) is 0.365. The van der Waals surface area contributed by atoms with Gasteiger partial charge in [0.25, 0.3) is 0 Å². The molecule has 0 saturated heterocycles. The first-order chi connectivity index (χ1) is 6.00. The van der Waals surface area contributed by atoms with Gasteiger partial charge in [-0.05, 0) is 22.6 Å². The summed E-state index contributed by atoms with van der Waals surface area (Å²) in [6, 6.07) is 0. The summed E-state index contributed by atoms with van der Waals surface area (Å²) in [6.07, 6.45) is 0. The third-order valence-electron chi connectivity index (χ3n) is 1.46. The van der Waals surface area contributed by atoms with Crippen molar-refractivity contribution in [3.8, 4) is 0 Å². The predicted octanol–water partition coefficient (Wildman–Crippen LogP) is 2.34. The summed E-state index contributed by atoms with van der Waals surface area (Å²) in [5.41, 5.74) is -0.572. The van der Waals surface area contributed by atoms with Crippen LogP contribution >= 0.6 is 22.6 Å². The van der Waals surface area contributed by atoms with Crippen molar-refractivity contribution < 1.29 is 22.7 Å². The van der Waals surface area contributed by atoms with Gasteiger partial charge in [-0.15, -0.1) is 0 Å². The molecule has 0 bridgehead atoms. The van der Waals surface area contributed by atoms with E-state index in [1.165, 1.54) is 22.6 Å². The molecule has 1 aromatic carbocycles. The lowest BCUT2D eigenvalue weighted by atomic mass is 10.2. The number of aliphatic hydroxyl groups is 1. The zero-order valence-corrected chi connectivity index (χ0v) is 8.20. The molecule has 0 aliphatic carbocycles. The smallest absolute Gasteiger partial charge is 0.198 e. The lowest BCUT2D eigenvalue weighted by Gasteiger charge is -2.05. The van der Waals surface area contributed by atoms with Crippen LogP contribution in [-0.2, 0) is 6.61 Å². The zero-order valence-electron chi connectivity index (χ0n) is 6.04.